The van der Waals surface area contributed by atoms with Gasteiger partial charge in [0.1, 0.15) is 6.61 Å². The third-order valence-corrected chi connectivity index (χ3v) is 3.39. The van der Waals surface area contributed by atoms with Crippen molar-refractivity contribution >= 4 is 23.0 Å². The van der Waals surface area contributed by atoms with E-state index >= 15 is 0 Å². The lowest BCUT2D eigenvalue weighted by Gasteiger charge is -2.07. The van der Waals surface area contributed by atoms with Crippen LogP contribution in [0.15, 0.2) is 24.4 Å². The molecular weight excluding hydrogens is 260 g/mol. The Kier molecular flexibility index (Phi) is 3.06. The monoisotopic (exact) mass is 274 g/mol. The van der Waals surface area contributed by atoms with E-state index in [0.717, 1.165) is 22.0 Å². The van der Waals surface area contributed by atoms with Gasteiger partial charge in [0, 0.05) is 17.1 Å². The van der Waals surface area contributed by atoms with Crippen LogP contribution in [0, 0.1) is 0 Å². The number of aromatic amines is 1. The number of amides is 1. The summed E-state index contributed by atoms with van der Waals surface area (Å²) in [6.45, 7) is 0.367. The second-order valence-electron chi connectivity index (χ2n) is 4.91. The number of nitrogens with one attached hydrogen (secondary N) is 2. The van der Waals surface area contributed by atoms with Crippen molar-refractivity contribution in [3.8, 4) is 0 Å². The van der Waals surface area contributed by atoms with Crippen molar-refractivity contribution in [3.63, 3.8) is 0 Å². The molecule has 6 nitrogen and oxygen atoms in total. The predicted octanol–water partition coefficient (Wildman–Crippen LogP) is 1.45. The maximum absolute atomic E-state index is 11.0. The van der Waals surface area contributed by atoms with E-state index in [9.17, 15) is 9.59 Å². The molecule has 0 radical (unpaired) electrons. The third kappa shape index (κ3) is 2.45. The summed E-state index contributed by atoms with van der Waals surface area (Å²) in [7, 11) is 0. The fraction of sp³-hybridized carbons (Fsp3) is 0.286. The Balaban J connectivity index is 1.85. The first-order valence-corrected chi connectivity index (χ1v) is 6.36. The van der Waals surface area contributed by atoms with Crippen LogP contribution in [0.4, 0.5) is 4.79 Å². The highest BCUT2D eigenvalue weighted by atomic mass is 16.6. The minimum atomic E-state index is -0.854. The highest BCUT2D eigenvalue weighted by Crippen LogP contribution is 2.21. The average molecular weight is 274 g/mol. The van der Waals surface area contributed by atoms with Crippen molar-refractivity contribution in [3.05, 3.63) is 35.5 Å². The normalized spacial score (nSPS) is 18.0. The molecule has 1 aliphatic rings. The summed E-state index contributed by atoms with van der Waals surface area (Å²) in [6, 6.07) is 5.83. The van der Waals surface area contributed by atoms with Gasteiger partial charge in [0.05, 0.1) is 12.5 Å². The van der Waals surface area contributed by atoms with Gasteiger partial charge in [-0.15, -0.1) is 0 Å². The molecule has 1 unspecified atom stereocenters. The third-order valence-electron chi connectivity index (χ3n) is 3.39. The number of carboxylic acid groups (broad SMARTS) is 1. The largest absolute Gasteiger partial charge is 0.481 e. The molecule has 1 aromatic carbocycles. The fourth-order valence-corrected chi connectivity index (χ4v) is 2.48. The zero-order valence-electron chi connectivity index (χ0n) is 10.7. The summed E-state index contributed by atoms with van der Waals surface area (Å²) in [5.41, 5.74) is 2.72. The van der Waals surface area contributed by atoms with Crippen LogP contribution in [-0.2, 0) is 22.4 Å². The standard InChI is InChI=1S/C14H14N2O4/c17-13(18)5-9-6-15-12-2-1-8(4-11(9)12)3-10-7-20-14(19)16-10/h1-2,4,6,10,15H,3,5,7H2,(H,16,19)(H,17,18). The molecule has 20 heavy (non-hydrogen) atoms. The minimum Gasteiger partial charge on any atom is -0.481 e. The Labute approximate surface area is 114 Å². The van der Waals surface area contributed by atoms with E-state index < -0.39 is 5.97 Å². The molecule has 1 aromatic heterocycles. The summed E-state index contributed by atoms with van der Waals surface area (Å²) >= 11 is 0. The van der Waals surface area contributed by atoms with Crippen molar-refractivity contribution in [1.82, 2.24) is 10.3 Å². The van der Waals surface area contributed by atoms with Crippen molar-refractivity contribution in [2.24, 2.45) is 0 Å². The number of rotatable bonds is 4. The molecule has 1 fully saturated rings. The number of cyclic esters (lactones) is 1. The molecule has 3 rings (SSSR count). The molecule has 2 heterocycles. The number of H-pyrrole nitrogens is 1. The van der Waals surface area contributed by atoms with Gasteiger partial charge in [-0.2, -0.15) is 0 Å². The highest BCUT2D eigenvalue weighted by molar-refractivity contribution is 5.87. The summed E-state index contributed by atoms with van der Waals surface area (Å²) in [5, 5.41) is 12.5. The maximum Gasteiger partial charge on any atom is 0.407 e. The number of aromatic nitrogens is 1. The van der Waals surface area contributed by atoms with E-state index in [1.807, 2.05) is 18.2 Å². The molecule has 104 valence electrons. The van der Waals surface area contributed by atoms with E-state index in [1.165, 1.54) is 0 Å². The number of hydrogen-bond acceptors (Lipinski definition) is 3. The summed E-state index contributed by atoms with van der Waals surface area (Å²) < 4.78 is 4.85. The van der Waals surface area contributed by atoms with Crippen molar-refractivity contribution in [2.75, 3.05) is 6.61 Å². The van der Waals surface area contributed by atoms with E-state index in [2.05, 4.69) is 10.3 Å². The fourth-order valence-electron chi connectivity index (χ4n) is 2.48. The second kappa shape index (κ2) is 4.88. The van der Waals surface area contributed by atoms with Gasteiger partial charge in [0.25, 0.3) is 0 Å². The topological polar surface area (TPSA) is 91.4 Å². The molecule has 0 saturated carbocycles. The molecule has 6 heteroatoms. The first kappa shape index (κ1) is 12.5. The van der Waals surface area contributed by atoms with Crippen molar-refractivity contribution in [2.45, 2.75) is 18.9 Å². The molecular formula is C14H14N2O4. The molecule has 0 bridgehead atoms. The van der Waals surface area contributed by atoms with E-state index in [0.29, 0.717) is 13.0 Å². The zero-order chi connectivity index (χ0) is 14.1. The van der Waals surface area contributed by atoms with Crippen molar-refractivity contribution in [1.29, 1.82) is 0 Å². The van der Waals surface area contributed by atoms with Crippen molar-refractivity contribution < 1.29 is 19.4 Å². The number of fused-ring (bicyclic) bond motifs is 1. The summed E-state index contributed by atoms with van der Waals surface area (Å²) in [4.78, 5) is 24.9. The van der Waals surface area contributed by atoms with Crippen LogP contribution in [0.5, 0.6) is 0 Å². The van der Waals surface area contributed by atoms with Gasteiger partial charge in [-0.1, -0.05) is 6.07 Å². The van der Waals surface area contributed by atoms with Gasteiger partial charge in [0.2, 0.25) is 0 Å². The lowest BCUT2D eigenvalue weighted by Crippen LogP contribution is -2.28. The van der Waals surface area contributed by atoms with Crippen LogP contribution in [0.25, 0.3) is 10.9 Å². The van der Waals surface area contributed by atoms with Gasteiger partial charge < -0.3 is 20.1 Å². The first-order chi connectivity index (χ1) is 9.61. The zero-order valence-corrected chi connectivity index (χ0v) is 10.7. The minimum absolute atomic E-state index is 0.00721. The lowest BCUT2D eigenvalue weighted by molar-refractivity contribution is -0.136. The Morgan fingerprint density at radius 3 is 3.00 bits per heavy atom. The Bertz CT molecular complexity index is 677. The van der Waals surface area contributed by atoms with Gasteiger partial charge in [0.15, 0.2) is 0 Å². The SMILES string of the molecule is O=C(O)Cc1c[nH]c2ccc(CC3COC(=O)N3)cc12. The molecule has 1 aliphatic heterocycles. The van der Waals surface area contributed by atoms with Gasteiger partial charge in [-0.05, 0) is 29.7 Å². The molecule has 0 aliphatic carbocycles. The molecule has 1 atom stereocenters. The summed E-state index contributed by atoms with van der Waals surface area (Å²) in [5.74, 6) is -0.854. The average Bonchev–Trinajstić information content (AvgIpc) is 2.96. The number of benzene rings is 1. The van der Waals surface area contributed by atoms with E-state index in [-0.39, 0.29) is 18.6 Å². The van der Waals surface area contributed by atoms with Crippen LogP contribution in [0.2, 0.25) is 0 Å². The van der Waals surface area contributed by atoms with Crippen LogP contribution in [0.1, 0.15) is 11.1 Å². The van der Waals surface area contributed by atoms with Gasteiger partial charge in [-0.25, -0.2) is 4.79 Å². The van der Waals surface area contributed by atoms with Crippen LogP contribution >= 0.6 is 0 Å². The summed E-state index contributed by atoms with van der Waals surface area (Å²) in [6.07, 6.45) is 2.00. The molecule has 2 aromatic rings. The highest BCUT2D eigenvalue weighted by Gasteiger charge is 2.22. The Morgan fingerprint density at radius 2 is 2.30 bits per heavy atom. The smallest absolute Gasteiger partial charge is 0.407 e. The van der Waals surface area contributed by atoms with Gasteiger partial charge >= 0.3 is 12.1 Å². The second-order valence-corrected chi connectivity index (χ2v) is 4.91. The molecule has 1 saturated heterocycles. The number of carboxylic acids is 1. The van der Waals surface area contributed by atoms with E-state index in [4.69, 9.17) is 9.84 Å². The molecule has 3 N–H and O–H groups in total. The first-order valence-electron chi connectivity index (χ1n) is 6.36. The van der Waals surface area contributed by atoms with Gasteiger partial charge in [-0.3, -0.25) is 4.79 Å². The molecule has 0 spiro atoms. The van der Waals surface area contributed by atoms with Crippen LogP contribution < -0.4 is 5.32 Å². The van der Waals surface area contributed by atoms with Crippen LogP contribution in [-0.4, -0.2) is 34.8 Å². The molecule has 1 amide bonds. The number of aliphatic carboxylic acids is 1. The number of hydrogen-bond donors (Lipinski definition) is 3. The number of carbonyl (C=O) groups is 2. The van der Waals surface area contributed by atoms with Crippen LogP contribution in [0.3, 0.4) is 0 Å². The number of ether oxygens (including phenoxy) is 1. The quantitative estimate of drug-likeness (QED) is 0.786. The number of alkyl carbamates (subject to hydrolysis) is 1. The van der Waals surface area contributed by atoms with E-state index in [1.54, 1.807) is 6.20 Å². The Morgan fingerprint density at radius 1 is 1.45 bits per heavy atom. The number of carbonyl (C=O) groups excluding carboxylic acids is 1. The maximum atomic E-state index is 11.0. The predicted molar refractivity (Wildman–Crippen MR) is 71.6 cm³/mol. The lowest BCUT2D eigenvalue weighted by atomic mass is 10.0. The Hall–Kier alpha value is -2.50.